The highest BCUT2D eigenvalue weighted by atomic mass is 79.9. The minimum absolute atomic E-state index is 0.160. The molecule has 0 saturated carbocycles. The lowest BCUT2D eigenvalue weighted by Gasteiger charge is -2.20. The van der Waals surface area contributed by atoms with E-state index in [4.69, 9.17) is 0 Å². The molecule has 1 aromatic carbocycles. The van der Waals surface area contributed by atoms with Gasteiger partial charge in [-0.1, -0.05) is 15.9 Å². The van der Waals surface area contributed by atoms with E-state index in [1.165, 1.54) is 24.1 Å². The summed E-state index contributed by atoms with van der Waals surface area (Å²) in [5, 5.41) is 10.8. The van der Waals surface area contributed by atoms with Gasteiger partial charge in [0, 0.05) is 24.1 Å². The van der Waals surface area contributed by atoms with E-state index in [1.807, 2.05) is 0 Å². The molecule has 0 saturated heterocycles. The van der Waals surface area contributed by atoms with Crippen LogP contribution in [0.1, 0.15) is 6.42 Å². The van der Waals surface area contributed by atoms with Gasteiger partial charge >= 0.3 is 6.18 Å². The lowest BCUT2D eigenvalue weighted by atomic mass is 10.2. The van der Waals surface area contributed by atoms with Gasteiger partial charge in [0.05, 0.1) is 11.3 Å². The fourth-order valence-corrected chi connectivity index (χ4v) is 1.73. The summed E-state index contributed by atoms with van der Waals surface area (Å²) in [6, 6.07) is 4.23. The van der Waals surface area contributed by atoms with Gasteiger partial charge < -0.3 is 4.90 Å². The van der Waals surface area contributed by atoms with E-state index in [9.17, 15) is 23.3 Å². The molecule has 1 aromatic rings. The number of benzene rings is 1. The molecule has 0 amide bonds. The zero-order valence-electron chi connectivity index (χ0n) is 9.37. The first kappa shape index (κ1) is 14.7. The normalized spacial score (nSPS) is 11.4. The van der Waals surface area contributed by atoms with Crippen molar-refractivity contribution in [2.24, 2.45) is 0 Å². The fourth-order valence-electron chi connectivity index (χ4n) is 1.38. The van der Waals surface area contributed by atoms with Crippen LogP contribution in [0.15, 0.2) is 22.7 Å². The highest BCUT2D eigenvalue weighted by Crippen LogP contribution is 2.31. The van der Waals surface area contributed by atoms with Crippen LogP contribution in [0.2, 0.25) is 0 Å². The van der Waals surface area contributed by atoms with E-state index in [1.54, 1.807) is 6.07 Å². The molecule has 0 aliphatic rings. The van der Waals surface area contributed by atoms with Gasteiger partial charge in [-0.05, 0) is 12.1 Å². The Labute approximate surface area is 110 Å². The van der Waals surface area contributed by atoms with Gasteiger partial charge in [-0.25, -0.2) is 0 Å². The molecule has 1 rings (SSSR count). The first-order chi connectivity index (χ1) is 8.20. The molecule has 0 aromatic heterocycles. The molecule has 0 heterocycles. The SMILES string of the molecule is CN(CCC(F)(F)F)c1ccc(Br)cc1[N+](=O)[O-]. The Hall–Kier alpha value is -1.31. The van der Waals surface area contributed by atoms with Crippen molar-refractivity contribution in [1.29, 1.82) is 0 Å². The van der Waals surface area contributed by atoms with Gasteiger partial charge in [0.25, 0.3) is 5.69 Å². The zero-order chi connectivity index (χ0) is 13.9. The van der Waals surface area contributed by atoms with Crippen molar-refractivity contribution in [2.45, 2.75) is 12.6 Å². The van der Waals surface area contributed by atoms with Crippen LogP contribution >= 0.6 is 15.9 Å². The Balaban J connectivity index is 2.91. The van der Waals surface area contributed by atoms with Crippen LogP contribution in [0.3, 0.4) is 0 Å². The molecule has 0 atom stereocenters. The lowest BCUT2D eigenvalue weighted by Crippen LogP contribution is -2.24. The number of rotatable bonds is 4. The summed E-state index contributed by atoms with van der Waals surface area (Å²) in [5.74, 6) is 0. The zero-order valence-corrected chi connectivity index (χ0v) is 11.0. The van der Waals surface area contributed by atoms with E-state index >= 15 is 0 Å². The van der Waals surface area contributed by atoms with Crippen molar-refractivity contribution in [3.05, 3.63) is 32.8 Å². The van der Waals surface area contributed by atoms with Gasteiger partial charge in [0.1, 0.15) is 5.69 Å². The number of hydrogen-bond donors (Lipinski definition) is 0. The summed E-state index contributed by atoms with van der Waals surface area (Å²) in [7, 11) is 1.39. The lowest BCUT2D eigenvalue weighted by molar-refractivity contribution is -0.384. The average molecular weight is 327 g/mol. The van der Waals surface area contributed by atoms with E-state index in [0.717, 1.165) is 0 Å². The van der Waals surface area contributed by atoms with Crippen molar-refractivity contribution in [2.75, 3.05) is 18.5 Å². The number of alkyl halides is 3. The maximum Gasteiger partial charge on any atom is 0.390 e. The maximum absolute atomic E-state index is 12.1. The molecular weight excluding hydrogens is 317 g/mol. The maximum atomic E-state index is 12.1. The minimum Gasteiger partial charge on any atom is -0.369 e. The van der Waals surface area contributed by atoms with Gasteiger partial charge in [-0.15, -0.1) is 0 Å². The Kier molecular flexibility index (Phi) is 4.55. The van der Waals surface area contributed by atoms with Crippen LogP contribution in [0, 0.1) is 10.1 Å². The number of hydrogen-bond acceptors (Lipinski definition) is 3. The Morgan fingerprint density at radius 1 is 1.44 bits per heavy atom. The van der Waals surface area contributed by atoms with Crippen molar-refractivity contribution in [3.63, 3.8) is 0 Å². The van der Waals surface area contributed by atoms with Crippen LogP contribution in [0.25, 0.3) is 0 Å². The number of halogens is 4. The molecule has 0 bridgehead atoms. The molecule has 8 heteroatoms. The van der Waals surface area contributed by atoms with Gasteiger partial charge in [0.15, 0.2) is 0 Å². The quantitative estimate of drug-likeness (QED) is 0.625. The average Bonchev–Trinajstić information content (AvgIpc) is 2.24. The van der Waals surface area contributed by atoms with E-state index < -0.39 is 17.5 Å². The second kappa shape index (κ2) is 5.55. The molecule has 0 N–H and O–H groups in total. The molecule has 18 heavy (non-hydrogen) atoms. The van der Waals surface area contributed by atoms with Crippen molar-refractivity contribution < 1.29 is 18.1 Å². The predicted molar refractivity (Wildman–Crippen MR) is 64.7 cm³/mol. The van der Waals surface area contributed by atoms with E-state index in [2.05, 4.69) is 15.9 Å². The van der Waals surface area contributed by atoms with Crippen LogP contribution in [0.4, 0.5) is 24.5 Å². The molecular formula is C10H10BrF3N2O2. The summed E-state index contributed by atoms with van der Waals surface area (Å²) in [6.45, 7) is -0.327. The summed E-state index contributed by atoms with van der Waals surface area (Å²) in [6.07, 6.45) is -5.30. The van der Waals surface area contributed by atoms with Gasteiger partial charge in [-0.3, -0.25) is 10.1 Å². The van der Waals surface area contributed by atoms with E-state index in [-0.39, 0.29) is 17.9 Å². The topological polar surface area (TPSA) is 46.4 Å². The van der Waals surface area contributed by atoms with Gasteiger partial charge in [-0.2, -0.15) is 13.2 Å². The monoisotopic (exact) mass is 326 g/mol. The third kappa shape index (κ3) is 4.17. The first-order valence-corrected chi connectivity index (χ1v) is 5.72. The fraction of sp³-hybridized carbons (Fsp3) is 0.400. The minimum atomic E-state index is -4.28. The molecule has 0 unspecified atom stereocenters. The Bertz CT molecular complexity index is 451. The first-order valence-electron chi connectivity index (χ1n) is 4.92. The summed E-state index contributed by atoms with van der Waals surface area (Å²) in [4.78, 5) is 11.4. The summed E-state index contributed by atoms with van der Waals surface area (Å²) >= 11 is 3.08. The van der Waals surface area contributed by atoms with Gasteiger partial charge in [0.2, 0.25) is 0 Å². The summed E-state index contributed by atoms with van der Waals surface area (Å²) in [5.41, 5.74) is -0.0681. The van der Waals surface area contributed by atoms with Crippen LogP contribution in [-0.2, 0) is 0 Å². The standard InChI is InChI=1S/C10H10BrF3N2O2/c1-15(5-4-10(12,13)14)8-3-2-7(11)6-9(8)16(17)18/h2-3,6H,4-5H2,1H3. The summed E-state index contributed by atoms with van der Waals surface area (Å²) < 4.78 is 36.8. The Morgan fingerprint density at radius 2 is 2.06 bits per heavy atom. The van der Waals surface area contributed by atoms with Crippen molar-refractivity contribution in [3.8, 4) is 0 Å². The largest absolute Gasteiger partial charge is 0.390 e. The molecule has 0 radical (unpaired) electrons. The van der Waals surface area contributed by atoms with Crippen LogP contribution in [-0.4, -0.2) is 24.7 Å². The molecule has 4 nitrogen and oxygen atoms in total. The number of anilines is 1. The van der Waals surface area contributed by atoms with Crippen LogP contribution in [0.5, 0.6) is 0 Å². The number of nitro groups is 1. The smallest absolute Gasteiger partial charge is 0.369 e. The van der Waals surface area contributed by atoms with E-state index in [0.29, 0.717) is 4.47 Å². The molecule has 0 aliphatic heterocycles. The second-order valence-electron chi connectivity index (χ2n) is 3.68. The Morgan fingerprint density at radius 3 is 2.56 bits per heavy atom. The van der Waals surface area contributed by atoms with Crippen molar-refractivity contribution >= 4 is 27.3 Å². The second-order valence-corrected chi connectivity index (χ2v) is 4.59. The highest BCUT2D eigenvalue weighted by molar-refractivity contribution is 9.10. The van der Waals surface area contributed by atoms with Crippen LogP contribution < -0.4 is 4.90 Å². The highest BCUT2D eigenvalue weighted by Gasteiger charge is 2.28. The van der Waals surface area contributed by atoms with Crippen molar-refractivity contribution in [1.82, 2.24) is 0 Å². The predicted octanol–water partition coefficient (Wildman–Crippen LogP) is 3.75. The molecule has 0 aliphatic carbocycles. The number of nitro benzene ring substituents is 1. The molecule has 0 fully saturated rings. The third-order valence-corrected chi connectivity index (χ3v) is 2.77. The number of nitrogens with zero attached hydrogens (tertiary/aromatic N) is 2. The third-order valence-electron chi connectivity index (χ3n) is 2.28. The molecule has 100 valence electrons. The molecule has 0 spiro atoms.